The van der Waals surface area contributed by atoms with Crippen molar-refractivity contribution >= 4 is 18.3 Å². The molecule has 0 fully saturated rings. The standard InChI is InChI=1S/C17H16N2O2.ClH/c1-21-16-6-2-4-11-12(16)7-9-19-15(11)10-14-13(17(19)20)5-3-8-18-14;/h2-6,8,15H,7,9-10H2,1H3;1H. The Kier molecular flexibility index (Phi) is 3.79. The quantitative estimate of drug-likeness (QED) is 0.812. The number of fused-ring (bicyclic) bond motifs is 4. The van der Waals surface area contributed by atoms with E-state index in [1.807, 2.05) is 29.2 Å². The van der Waals surface area contributed by atoms with Crippen molar-refractivity contribution in [3.63, 3.8) is 0 Å². The summed E-state index contributed by atoms with van der Waals surface area (Å²) in [7, 11) is 1.70. The van der Waals surface area contributed by atoms with Crippen LogP contribution >= 0.6 is 12.4 Å². The Labute approximate surface area is 135 Å². The number of benzene rings is 1. The summed E-state index contributed by atoms with van der Waals surface area (Å²) in [5.41, 5.74) is 4.08. The van der Waals surface area contributed by atoms with Gasteiger partial charge in [0.25, 0.3) is 5.91 Å². The van der Waals surface area contributed by atoms with Crippen LogP contribution in [0.15, 0.2) is 36.5 Å². The molecule has 1 amide bonds. The number of halogens is 1. The lowest BCUT2D eigenvalue weighted by Crippen LogP contribution is -2.44. The van der Waals surface area contributed by atoms with Gasteiger partial charge in [-0.25, -0.2) is 0 Å². The van der Waals surface area contributed by atoms with Gasteiger partial charge < -0.3 is 9.64 Å². The molecule has 22 heavy (non-hydrogen) atoms. The summed E-state index contributed by atoms with van der Waals surface area (Å²) >= 11 is 0. The van der Waals surface area contributed by atoms with Crippen LogP contribution in [-0.2, 0) is 12.8 Å². The van der Waals surface area contributed by atoms with Crippen LogP contribution in [-0.4, -0.2) is 29.4 Å². The Morgan fingerprint density at radius 1 is 1.27 bits per heavy atom. The van der Waals surface area contributed by atoms with Crippen molar-refractivity contribution in [1.29, 1.82) is 0 Å². The van der Waals surface area contributed by atoms with Gasteiger partial charge in [-0.1, -0.05) is 12.1 Å². The SMILES string of the molecule is COc1cccc2c1CCN1C(=O)c3cccnc3CC21.Cl. The highest BCUT2D eigenvalue weighted by molar-refractivity contribution is 5.96. The van der Waals surface area contributed by atoms with E-state index in [-0.39, 0.29) is 24.4 Å². The normalized spacial score (nSPS) is 18.7. The number of pyridine rings is 1. The summed E-state index contributed by atoms with van der Waals surface area (Å²) in [4.78, 5) is 19.0. The van der Waals surface area contributed by atoms with Gasteiger partial charge in [0.15, 0.2) is 0 Å². The van der Waals surface area contributed by atoms with E-state index in [0.717, 1.165) is 36.4 Å². The third-order valence-electron chi connectivity index (χ3n) is 4.50. The van der Waals surface area contributed by atoms with Crippen molar-refractivity contribution in [2.24, 2.45) is 0 Å². The first kappa shape index (κ1) is 14.9. The van der Waals surface area contributed by atoms with Gasteiger partial charge in [-0.05, 0) is 30.2 Å². The molecule has 0 aliphatic carbocycles. The lowest BCUT2D eigenvalue weighted by Gasteiger charge is -2.41. The molecule has 0 N–H and O–H groups in total. The molecule has 2 aliphatic rings. The van der Waals surface area contributed by atoms with Gasteiger partial charge in [0.05, 0.1) is 24.4 Å². The number of hydrogen-bond acceptors (Lipinski definition) is 3. The summed E-state index contributed by atoms with van der Waals surface area (Å²) in [6.07, 6.45) is 3.39. The van der Waals surface area contributed by atoms with E-state index < -0.39 is 0 Å². The minimum atomic E-state index is 0. The van der Waals surface area contributed by atoms with E-state index in [4.69, 9.17) is 4.74 Å². The van der Waals surface area contributed by atoms with Crippen LogP contribution in [0.5, 0.6) is 5.75 Å². The molecular formula is C17H17ClN2O2. The average molecular weight is 317 g/mol. The summed E-state index contributed by atoms with van der Waals surface area (Å²) in [6.45, 7) is 0.741. The summed E-state index contributed by atoms with van der Waals surface area (Å²) in [5, 5.41) is 0. The molecule has 0 saturated heterocycles. The second kappa shape index (κ2) is 5.61. The molecule has 1 aromatic heterocycles. The molecule has 1 atom stereocenters. The van der Waals surface area contributed by atoms with Crippen molar-refractivity contribution in [3.8, 4) is 5.75 Å². The van der Waals surface area contributed by atoms with Crippen LogP contribution < -0.4 is 4.74 Å². The Hall–Kier alpha value is -2.07. The van der Waals surface area contributed by atoms with E-state index in [2.05, 4.69) is 11.1 Å². The number of hydrogen-bond donors (Lipinski definition) is 0. The fourth-order valence-corrected chi connectivity index (χ4v) is 3.51. The van der Waals surface area contributed by atoms with Crippen molar-refractivity contribution in [1.82, 2.24) is 9.88 Å². The maximum absolute atomic E-state index is 12.7. The van der Waals surface area contributed by atoms with E-state index in [1.54, 1.807) is 13.3 Å². The minimum Gasteiger partial charge on any atom is -0.496 e. The first-order chi connectivity index (χ1) is 10.3. The number of carbonyl (C=O) groups excluding carboxylic acids is 1. The largest absolute Gasteiger partial charge is 0.496 e. The average Bonchev–Trinajstić information content (AvgIpc) is 2.54. The van der Waals surface area contributed by atoms with E-state index >= 15 is 0 Å². The zero-order valence-electron chi connectivity index (χ0n) is 12.3. The molecular weight excluding hydrogens is 300 g/mol. The second-order valence-corrected chi connectivity index (χ2v) is 5.49. The van der Waals surface area contributed by atoms with E-state index in [9.17, 15) is 4.79 Å². The van der Waals surface area contributed by atoms with Gasteiger partial charge in [0, 0.05) is 24.7 Å². The van der Waals surface area contributed by atoms with Gasteiger partial charge in [-0.15, -0.1) is 12.4 Å². The molecule has 1 aromatic carbocycles. The number of rotatable bonds is 1. The highest BCUT2D eigenvalue weighted by atomic mass is 35.5. The first-order valence-corrected chi connectivity index (χ1v) is 7.20. The molecule has 114 valence electrons. The number of carbonyl (C=O) groups is 1. The number of methoxy groups -OCH3 is 1. The van der Waals surface area contributed by atoms with Crippen LogP contribution in [0.1, 0.15) is 33.2 Å². The molecule has 4 nitrogen and oxygen atoms in total. The predicted molar refractivity (Wildman–Crippen MR) is 85.7 cm³/mol. The molecule has 3 heterocycles. The van der Waals surface area contributed by atoms with Gasteiger partial charge in [-0.2, -0.15) is 0 Å². The Morgan fingerprint density at radius 3 is 2.95 bits per heavy atom. The lowest BCUT2D eigenvalue weighted by atomic mass is 9.85. The number of nitrogens with zero attached hydrogens (tertiary/aromatic N) is 2. The number of ether oxygens (including phenoxy) is 1. The maximum atomic E-state index is 12.7. The topological polar surface area (TPSA) is 42.4 Å². The minimum absolute atomic E-state index is 0. The Bertz CT molecular complexity index is 732. The predicted octanol–water partition coefficient (Wildman–Crippen LogP) is 2.81. The Balaban J connectivity index is 0.00000144. The molecule has 2 aliphatic heterocycles. The first-order valence-electron chi connectivity index (χ1n) is 7.20. The van der Waals surface area contributed by atoms with Crippen molar-refractivity contribution < 1.29 is 9.53 Å². The fourth-order valence-electron chi connectivity index (χ4n) is 3.51. The third kappa shape index (κ3) is 2.06. The summed E-state index contributed by atoms with van der Waals surface area (Å²) < 4.78 is 5.47. The van der Waals surface area contributed by atoms with Crippen LogP contribution in [0, 0.1) is 0 Å². The van der Waals surface area contributed by atoms with Gasteiger partial charge in [0.2, 0.25) is 0 Å². The van der Waals surface area contributed by atoms with E-state index in [0.29, 0.717) is 0 Å². The highest BCUT2D eigenvalue weighted by Crippen LogP contribution is 2.40. The molecule has 0 spiro atoms. The monoisotopic (exact) mass is 316 g/mol. The van der Waals surface area contributed by atoms with Gasteiger partial charge in [-0.3, -0.25) is 9.78 Å². The van der Waals surface area contributed by atoms with E-state index in [1.165, 1.54) is 11.1 Å². The van der Waals surface area contributed by atoms with Crippen LogP contribution in [0.3, 0.4) is 0 Å². The molecule has 0 saturated carbocycles. The maximum Gasteiger partial charge on any atom is 0.256 e. The third-order valence-corrected chi connectivity index (χ3v) is 4.50. The molecule has 2 aromatic rings. The molecule has 1 unspecified atom stereocenters. The van der Waals surface area contributed by atoms with Crippen LogP contribution in [0.4, 0.5) is 0 Å². The van der Waals surface area contributed by atoms with Crippen LogP contribution in [0.25, 0.3) is 0 Å². The van der Waals surface area contributed by atoms with Crippen molar-refractivity contribution in [2.75, 3.05) is 13.7 Å². The number of aromatic nitrogens is 1. The second-order valence-electron chi connectivity index (χ2n) is 5.49. The summed E-state index contributed by atoms with van der Waals surface area (Å²) in [6, 6.07) is 9.89. The van der Waals surface area contributed by atoms with Crippen molar-refractivity contribution in [2.45, 2.75) is 18.9 Å². The van der Waals surface area contributed by atoms with Gasteiger partial charge in [0.1, 0.15) is 5.75 Å². The van der Waals surface area contributed by atoms with Crippen LogP contribution in [0.2, 0.25) is 0 Å². The van der Waals surface area contributed by atoms with Crippen molar-refractivity contribution in [3.05, 3.63) is 58.9 Å². The molecule has 5 heteroatoms. The smallest absolute Gasteiger partial charge is 0.256 e. The molecule has 4 rings (SSSR count). The summed E-state index contributed by atoms with van der Waals surface area (Å²) in [5.74, 6) is 1.02. The lowest BCUT2D eigenvalue weighted by molar-refractivity contribution is 0.0627. The number of amides is 1. The fraction of sp³-hybridized carbons (Fsp3) is 0.294. The Morgan fingerprint density at radius 2 is 2.14 bits per heavy atom. The molecule has 0 bridgehead atoms. The van der Waals surface area contributed by atoms with Gasteiger partial charge >= 0.3 is 0 Å². The zero-order chi connectivity index (χ0) is 14.4. The molecule has 0 radical (unpaired) electrons. The zero-order valence-corrected chi connectivity index (χ0v) is 13.1. The highest BCUT2D eigenvalue weighted by Gasteiger charge is 2.37.